The standard InChI is InChI=1S/C29H40Cl2FN3O3/c1-19-13-24(31)29(11-7-5-3-2-4-6-8-12-29)33-27(19)35-16-25(36)34(26(28(35)37)21-17-38-18-21)15-20-9-10-22(30)23(32)14-20/h9-10,14,19,21,24,26-27,33H,2-8,11-13,15-18H2,1H3/t19?,24?,26-,27?/m0/s1. The number of rotatable bonds is 4. The quantitative estimate of drug-likeness (QED) is 0.488. The molecule has 4 fully saturated rings. The summed E-state index contributed by atoms with van der Waals surface area (Å²) in [7, 11) is 0. The average molecular weight is 569 g/mol. The summed E-state index contributed by atoms with van der Waals surface area (Å²) in [5.41, 5.74) is 0.383. The van der Waals surface area contributed by atoms with Crippen molar-refractivity contribution in [2.24, 2.45) is 11.8 Å². The molecular weight excluding hydrogens is 528 g/mol. The van der Waals surface area contributed by atoms with E-state index in [0.717, 1.165) is 32.1 Å². The lowest BCUT2D eigenvalue weighted by atomic mass is 9.75. The molecule has 3 unspecified atom stereocenters. The number of nitrogens with zero attached hydrogens (tertiary/aromatic N) is 2. The smallest absolute Gasteiger partial charge is 0.247 e. The van der Waals surface area contributed by atoms with Gasteiger partial charge in [-0.15, -0.1) is 11.6 Å². The van der Waals surface area contributed by atoms with Gasteiger partial charge in [-0.3, -0.25) is 14.9 Å². The van der Waals surface area contributed by atoms with Gasteiger partial charge in [-0.2, -0.15) is 0 Å². The number of halogens is 3. The molecule has 0 radical (unpaired) electrons. The summed E-state index contributed by atoms with van der Waals surface area (Å²) in [5.74, 6) is -0.672. The molecule has 3 saturated heterocycles. The number of piperazine rings is 1. The highest BCUT2D eigenvalue weighted by Gasteiger charge is 2.52. The third-order valence-electron chi connectivity index (χ3n) is 9.18. The Kier molecular flexibility index (Phi) is 8.88. The highest BCUT2D eigenvalue weighted by atomic mass is 35.5. The lowest BCUT2D eigenvalue weighted by Crippen LogP contribution is -2.73. The van der Waals surface area contributed by atoms with Crippen molar-refractivity contribution in [3.8, 4) is 0 Å². The lowest BCUT2D eigenvalue weighted by Gasteiger charge is -2.54. The minimum absolute atomic E-state index is 0.00380. The van der Waals surface area contributed by atoms with Crippen molar-refractivity contribution in [1.82, 2.24) is 15.1 Å². The predicted octanol–water partition coefficient (Wildman–Crippen LogP) is 5.49. The number of nitrogens with one attached hydrogen (secondary N) is 1. The number of piperidine rings is 1. The van der Waals surface area contributed by atoms with Crippen LogP contribution in [-0.4, -0.2) is 64.5 Å². The van der Waals surface area contributed by atoms with Crippen LogP contribution in [0.25, 0.3) is 0 Å². The van der Waals surface area contributed by atoms with Crippen LogP contribution >= 0.6 is 23.2 Å². The van der Waals surface area contributed by atoms with E-state index in [2.05, 4.69) is 12.2 Å². The van der Waals surface area contributed by atoms with Crippen molar-refractivity contribution < 1.29 is 18.7 Å². The average Bonchev–Trinajstić information content (AvgIpc) is 2.86. The van der Waals surface area contributed by atoms with Gasteiger partial charge in [0.1, 0.15) is 18.4 Å². The normalized spacial score (nSPS) is 31.4. The summed E-state index contributed by atoms with van der Waals surface area (Å²) in [6.07, 6.45) is 11.0. The highest BCUT2D eigenvalue weighted by Crippen LogP contribution is 2.41. The van der Waals surface area contributed by atoms with Crippen LogP contribution in [0.3, 0.4) is 0 Å². The molecule has 3 aliphatic heterocycles. The molecule has 9 heteroatoms. The van der Waals surface area contributed by atoms with Crippen molar-refractivity contribution in [3.63, 3.8) is 0 Å². The van der Waals surface area contributed by atoms with Gasteiger partial charge in [-0.05, 0) is 42.9 Å². The van der Waals surface area contributed by atoms with Crippen LogP contribution < -0.4 is 5.32 Å². The Morgan fingerprint density at radius 2 is 1.74 bits per heavy atom. The fourth-order valence-corrected chi connectivity index (χ4v) is 7.54. The second-order valence-corrected chi connectivity index (χ2v) is 12.8. The minimum Gasteiger partial charge on any atom is -0.380 e. The largest absolute Gasteiger partial charge is 0.380 e. The molecule has 2 amide bonds. The van der Waals surface area contributed by atoms with E-state index in [9.17, 15) is 14.0 Å². The predicted molar refractivity (Wildman–Crippen MR) is 146 cm³/mol. The van der Waals surface area contributed by atoms with Crippen molar-refractivity contribution in [2.45, 2.75) is 101 Å². The zero-order valence-electron chi connectivity index (χ0n) is 22.3. The summed E-state index contributed by atoms with van der Waals surface area (Å²) in [6.45, 7) is 3.16. The van der Waals surface area contributed by atoms with Crippen molar-refractivity contribution in [2.75, 3.05) is 19.8 Å². The van der Waals surface area contributed by atoms with Crippen LogP contribution in [-0.2, 0) is 20.9 Å². The zero-order valence-corrected chi connectivity index (χ0v) is 23.8. The molecule has 210 valence electrons. The second-order valence-electron chi connectivity index (χ2n) is 11.9. The first kappa shape index (κ1) is 28.1. The zero-order chi connectivity index (χ0) is 26.9. The van der Waals surface area contributed by atoms with Gasteiger partial charge < -0.3 is 14.5 Å². The number of carbonyl (C=O) groups is 2. The van der Waals surface area contributed by atoms with Crippen molar-refractivity contribution in [1.29, 1.82) is 0 Å². The molecular formula is C29H40Cl2FN3O3. The molecule has 0 bridgehead atoms. The van der Waals surface area contributed by atoms with Crippen LogP contribution in [0.4, 0.5) is 4.39 Å². The fourth-order valence-electron chi connectivity index (χ4n) is 6.86. The maximum absolute atomic E-state index is 14.2. The van der Waals surface area contributed by atoms with E-state index in [1.165, 1.54) is 44.2 Å². The molecule has 5 rings (SSSR count). The van der Waals surface area contributed by atoms with Gasteiger partial charge in [-0.25, -0.2) is 4.39 Å². The molecule has 4 atom stereocenters. The SMILES string of the molecule is CC1CC(Cl)C2(CCCCCCCCC2)NC1N1CC(=O)N(Cc2ccc(Cl)c(F)c2)[C@@H](C2COC2)C1=O. The molecule has 1 spiro atoms. The number of carbonyl (C=O) groups excluding carboxylic acids is 2. The van der Waals surface area contributed by atoms with E-state index >= 15 is 0 Å². The molecule has 1 aromatic carbocycles. The van der Waals surface area contributed by atoms with Gasteiger partial charge in [0.15, 0.2) is 0 Å². The van der Waals surface area contributed by atoms with Crippen LogP contribution in [0.1, 0.15) is 76.7 Å². The topological polar surface area (TPSA) is 61.9 Å². The number of ether oxygens (including phenoxy) is 1. The van der Waals surface area contributed by atoms with E-state index in [-0.39, 0.29) is 58.8 Å². The molecule has 1 aliphatic carbocycles. The summed E-state index contributed by atoms with van der Waals surface area (Å²) in [4.78, 5) is 31.2. The van der Waals surface area contributed by atoms with Gasteiger partial charge >= 0.3 is 0 Å². The molecule has 1 saturated carbocycles. The maximum atomic E-state index is 14.2. The number of amides is 2. The fraction of sp³-hybridized carbons (Fsp3) is 0.724. The lowest BCUT2D eigenvalue weighted by molar-refractivity contribution is -0.173. The van der Waals surface area contributed by atoms with E-state index in [1.54, 1.807) is 15.9 Å². The molecule has 1 aromatic rings. The Bertz CT molecular complexity index is 1010. The summed E-state index contributed by atoms with van der Waals surface area (Å²) in [6, 6.07) is 3.91. The molecule has 3 heterocycles. The Balaban J connectivity index is 1.39. The van der Waals surface area contributed by atoms with Crippen molar-refractivity contribution >= 4 is 35.0 Å². The van der Waals surface area contributed by atoms with Crippen LogP contribution in [0, 0.1) is 17.7 Å². The van der Waals surface area contributed by atoms with Crippen LogP contribution in [0.2, 0.25) is 5.02 Å². The van der Waals surface area contributed by atoms with Crippen LogP contribution in [0.5, 0.6) is 0 Å². The molecule has 4 aliphatic rings. The Hall–Kier alpha value is -1.41. The van der Waals surface area contributed by atoms with Gasteiger partial charge in [0.25, 0.3) is 0 Å². The van der Waals surface area contributed by atoms with Crippen molar-refractivity contribution in [3.05, 3.63) is 34.6 Å². The monoisotopic (exact) mass is 567 g/mol. The third-order valence-corrected chi connectivity index (χ3v) is 10.1. The van der Waals surface area contributed by atoms with Gasteiger partial charge in [0, 0.05) is 18.0 Å². The number of hydrogen-bond donors (Lipinski definition) is 1. The molecule has 1 N–H and O–H groups in total. The Labute approximate surface area is 235 Å². The summed E-state index contributed by atoms with van der Waals surface area (Å²) < 4.78 is 19.6. The first-order valence-corrected chi connectivity index (χ1v) is 15.1. The summed E-state index contributed by atoms with van der Waals surface area (Å²) >= 11 is 13.0. The number of alkyl halides is 1. The van der Waals surface area contributed by atoms with E-state index in [0.29, 0.717) is 18.8 Å². The third kappa shape index (κ3) is 5.72. The highest BCUT2D eigenvalue weighted by molar-refractivity contribution is 6.30. The Morgan fingerprint density at radius 1 is 1.08 bits per heavy atom. The molecule has 6 nitrogen and oxygen atoms in total. The number of hydrogen-bond acceptors (Lipinski definition) is 4. The molecule has 38 heavy (non-hydrogen) atoms. The first-order chi connectivity index (χ1) is 18.3. The van der Waals surface area contributed by atoms with Gasteiger partial charge in [0.05, 0.1) is 29.8 Å². The van der Waals surface area contributed by atoms with E-state index < -0.39 is 11.9 Å². The maximum Gasteiger partial charge on any atom is 0.247 e. The van der Waals surface area contributed by atoms with Crippen LogP contribution in [0.15, 0.2) is 18.2 Å². The minimum atomic E-state index is -0.633. The Morgan fingerprint density at radius 3 is 2.34 bits per heavy atom. The summed E-state index contributed by atoms with van der Waals surface area (Å²) in [5, 5.41) is 3.92. The van der Waals surface area contributed by atoms with E-state index in [4.69, 9.17) is 27.9 Å². The second kappa shape index (κ2) is 12.0. The van der Waals surface area contributed by atoms with Gasteiger partial charge in [0.2, 0.25) is 11.8 Å². The molecule has 0 aromatic heterocycles. The number of benzene rings is 1. The first-order valence-electron chi connectivity index (χ1n) is 14.3. The van der Waals surface area contributed by atoms with E-state index in [1.807, 2.05) is 0 Å². The van der Waals surface area contributed by atoms with Gasteiger partial charge in [-0.1, -0.05) is 69.5 Å².